The molecule has 0 unspecified atom stereocenters. The first-order valence-corrected chi connectivity index (χ1v) is 6.96. The molecule has 0 amide bonds. The van der Waals surface area contributed by atoms with E-state index in [1.54, 1.807) is 6.07 Å². The molecule has 0 aromatic carbocycles. The van der Waals surface area contributed by atoms with E-state index in [-0.39, 0.29) is 17.2 Å². The Hall–Kier alpha value is -0.440. The quantitative estimate of drug-likeness (QED) is 0.824. The number of aliphatic carboxylic acids is 1. The number of hydrogen-bond acceptors (Lipinski definition) is 5. The van der Waals surface area contributed by atoms with Crippen molar-refractivity contribution in [3.05, 3.63) is 15.9 Å². The summed E-state index contributed by atoms with van der Waals surface area (Å²) in [6.07, 6.45) is -0.341. The van der Waals surface area contributed by atoms with Gasteiger partial charge in [-0.05, 0) is 28.1 Å². The van der Waals surface area contributed by atoms with Gasteiger partial charge in [0, 0.05) is 18.9 Å². The summed E-state index contributed by atoms with van der Waals surface area (Å²) in [5.74, 6) is -1.29. The number of carboxylic acid groups (broad SMARTS) is 1. The monoisotopic (exact) mass is 312 g/mol. The number of nitrogens with one attached hydrogen (secondary N) is 1. The normalized spacial score (nSPS) is 11.5. The molecule has 1 heterocycles. The maximum Gasteiger partial charge on any atom is 0.250 e. The van der Waals surface area contributed by atoms with Gasteiger partial charge >= 0.3 is 0 Å². The lowest BCUT2D eigenvalue weighted by molar-refractivity contribution is -0.305. The number of halogens is 1. The van der Waals surface area contributed by atoms with E-state index in [1.807, 2.05) is 0 Å². The van der Waals surface area contributed by atoms with Crippen LogP contribution < -0.4 is 9.83 Å². The molecular weight excluding hydrogens is 306 g/mol. The van der Waals surface area contributed by atoms with Crippen molar-refractivity contribution in [3.63, 3.8) is 0 Å². The van der Waals surface area contributed by atoms with Crippen LogP contribution in [0.15, 0.2) is 20.1 Å². The molecule has 0 radical (unpaired) electrons. The van der Waals surface area contributed by atoms with Crippen molar-refractivity contribution in [2.45, 2.75) is 10.6 Å². The summed E-state index contributed by atoms with van der Waals surface area (Å²) in [4.78, 5) is 10.1. The van der Waals surface area contributed by atoms with Crippen LogP contribution in [0.4, 0.5) is 0 Å². The van der Waals surface area contributed by atoms with Gasteiger partial charge < -0.3 is 9.90 Å². The third-order valence-electron chi connectivity index (χ3n) is 1.43. The number of carboxylic acids is 1. The molecule has 0 aliphatic rings. The van der Waals surface area contributed by atoms with E-state index in [2.05, 4.69) is 20.7 Å². The summed E-state index contributed by atoms with van der Waals surface area (Å²) in [6, 6.07) is 3.05. The third kappa shape index (κ3) is 3.90. The number of sulfonamides is 1. The minimum atomic E-state index is -3.59. The molecule has 15 heavy (non-hydrogen) atoms. The summed E-state index contributed by atoms with van der Waals surface area (Å²) in [6.45, 7) is -0.166. The van der Waals surface area contributed by atoms with Crippen LogP contribution in [0.3, 0.4) is 0 Å². The fourth-order valence-corrected chi connectivity index (χ4v) is 3.89. The summed E-state index contributed by atoms with van der Waals surface area (Å²) < 4.78 is 26.0. The molecule has 0 atom stereocenters. The zero-order valence-electron chi connectivity index (χ0n) is 7.40. The molecule has 0 saturated heterocycles. The van der Waals surface area contributed by atoms with E-state index in [0.29, 0.717) is 3.79 Å². The highest BCUT2D eigenvalue weighted by atomic mass is 79.9. The lowest BCUT2D eigenvalue weighted by Crippen LogP contribution is -2.30. The van der Waals surface area contributed by atoms with Crippen LogP contribution in [-0.4, -0.2) is 20.9 Å². The molecule has 1 aromatic rings. The van der Waals surface area contributed by atoms with Gasteiger partial charge in [0.1, 0.15) is 4.21 Å². The third-order valence-corrected chi connectivity index (χ3v) is 5.01. The Balaban J connectivity index is 2.64. The van der Waals surface area contributed by atoms with Crippen LogP contribution in [0.5, 0.6) is 0 Å². The van der Waals surface area contributed by atoms with E-state index in [0.717, 1.165) is 11.3 Å². The van der Waals surface area contributed by atoms with Gasteiger partial charge in [-0.3, -0.25) is 0 Å². The second-order valence-electron chi connectivity index (χ2n) is 2.58. The van der Waals surface area contributed by atoms with Crippen molar-refractivity contribution in [3.8, 4) is 0 Å². The van der Waals surface area contributed by atoms with Gasteiger partial charge in [0.2, 0.25) is 10.0 Å². The van der Waals surface area contributed by atoms with E-state index >= 15 is 0 Å². The van der Waals surface area contributed by atoms with E-state index < -0.39 is 16.0 Å². The highest BCUT2D eigenvalue weighted by Gasteiger charge is 2.15. The Labute approximate surface area is 99.3 Å². The number of hydrogen-bond donors (Lipinski definition) is 1. The molecule has 5 nitrogen and oxygen atoms in total. The van der Waals surface area contributed by atoms with Crippen molar-refractivity contribution in [1.82, 2.24) is 4.72 Å². The summed E-state index contributed by atoms with van der Waals surface area (Å²) in [5.41, 5.74) is 0. The van der Waals surface area contributed by atoms with Gasteiger partial charge in [0.25, 0.3) is 0 Å². The van der Waals surface area contributed by atoms with Crippen molar-refractivity contribution in [2.24, 2.45) is 0 Å². The SMILES string of the molecule is O=C([O-])CCNS(=O)(=O)c1ccc(Br)s1. The molecule has 0 fully saturated rings. The number of rotatable bonds is 5. The topological polar surface area (TPSA) is 86.3 Å². The van der Waals surface area contributed by atoms with Gasteiger partial charge in [-0.15, -0.1) is 11.3 Å². The van der Waals surface area contributed by atoms with Crippen LogP contribution in [0.1, 0.15) is 6.42 Å². The molecule has 0 aliphatic heterocycles. The minimum absolute atomic E-state index is 0.146. The maximum absolute atomic E-state index is 11.5. The standard InChI is InChI=1S/C7H8BrNO4S2/c8-5-1-2-7(14-5)15(12,13)9-4-3-6(10)11/h1-2,9H,3-4H2,(H,10,11)/p-1. The van der Waals surface area contributed by atoms with Gasteiger partial charge in [0.15, 0.2) is 0 Å². The largest absolute Gasteiger partial charge is 0.550 e. The lowest BCUT2D eigenvalue weighted by atomic mass is 10.5. The molecule has 1 N–H and O–H groups in total. The van der Waals surface area contributed by atoms with Crippen molar-refractivity contribution >= 4 is 43.3 Å². The van der Waals surface area contributed by atoms with Gasteiger partial charge in [0.05, 0.1) is 3.79 Å². The van der Waals surface area contributed by atoms with Crippen molar-refractivity contribution in [2.75, 3.05) is 6.54 Å². The average Bonchev–Trinajstić information content (AvgIpc) is 2.51. The molecule has 8 heteroatoms. The smallest absolute Gasteiger partial charge is 0.250 e. The summed E-state index contributed by atoms with van der Waals surface area (Å²) in [5, 5.41) is 10.1. The Morgan fingerprint density at radius 1 is 1.53 bits per heavy atom. The Morgan fingerprint density at radius 2 is 2.20 bits per heavy atom. The predicted octanol–water partition coefficient (Wildman–Crippen LogP) is -0.0711. The van der Waals surface area contributed by atoms with Gasteiger partial charge in [-0.25, -0.2) is 13.1 Å². The van der Waals surface area contributed by atoms with E-state index in [9.17, 15) is 18.3 Å². The van der Waals surface area contributed by atoms with Crippen molar-refractivity contribution in [1.29, 1.82) is 0 Å². The van der Waals surface area contributed by atoms with Gasteiger partial charge in [-0.1, -0.05) is 0 Å². The maximum atomic E-state index is 11.5. The first kappa shape index (κ1) is 12.6. The Kier molecular flexibility index (Phi) is 4.26. The first-order chi connectivity index (χ1) is 6.92. The number of carbonyl (C=O) groups excluding carboxylic acids is 1. The Bertz CT molecular complexity index is 453. The minimum Gasteiger partial charge on any atom is -0.550 e. The zero-order valence-corrected chi connectivity index (χ0v) is 10.6. The first-order valence-electron chi connectivity index (χ1n) is 3.86. The second-order valence-corrected chi connectivity index (χ2v) is 7.04. The second kappa shape index (κ2) is 5.06. The van der Waals surface area contributed by atoms with Crippen LogP contribution in [0.2, 0.25) is 0 Å². The number of carbonyl (C=O) groups is 1. The van der Waals surface area contributed by atoms with E-state index in [1.165, 1.54) is 6.07 Å². The fraction of sp³-hybridized carbons (Fsp3) is 0.286. The average molecular weight is 313 g/mol. The highest BCUT2D eigenvalue weighted by Crippen LogP contribution is 2.25. The van der Waals surface area contributed by atoms with Crippen LogP contribution in [0, 0.1) is 0 Å². The molecular formula is C7H7BrNO4S2-. The zero-order chi connectivity index (χ0) is 11.5. The lowest BCUT2D eigenvalue weighted by Gasteiger charge is -2.04. The summed E-state index contributed by atoms with van der Waals surface area (Å²) >= 11 is 4.19. The highest BCUT2D eigenvalue weighted by molar-refractivity contribution is 9.11. The molecule has 1 rings (SSSR count). The predicted molar refractivity (Wildman–Crippen MR) is 56.8 cm³/mol. The van der Waals surface area contributed by atoms with E-state index in [4.69, 9.17) is 0 Å². The van der Waals surface area contributed by atoms with Crippen molar-refractivity contribution < 1.29 is 18.3 Å². The van der Waals surface area contributed by atoms with Gasteiger partial charge in [-0.2, -0.15) is 0 Å². The Morgan fingerprint density at radius 3 is 2.67 bits per heavy atom. The van der Waals surface area contributed by atoms with Crippen LogP contribution >= 0.6 is 27.3 Å². The molecule has 1 aromatic heterocycles. The van der Waals surface area contributed by atoms with Crippen LogP contribution in [-0.2, 0) is 14.8 Å². The molecule has 0 spiro atoms. The molecule has 84 valence electrons. The number of thiophene rings is 1. The fourth-order valence-electron chi connectivity index (χ4n) is 0.801. The molecule has 0 saturated carbocycles. The molecule has 0 aliphatic carbocycles. The molecule has 0 bridgehead atoms. The summed E-state index contributed by atoms with van der Waals surface area (Å²) in [7, 11) is -3.59. The van der Waals surface area contributed by atoms with Crippen LogP contribution in [0.25, 0.3) is 0 Å².